The van der Waals surface area contributed by atoms with Crippen molar-refractivity contribution in [2.45, 2.75) is 6.54 Å². The molecule has 2 N–H and O–H groups in total. The first-order valence-corrected chi connectivity index (χ1v) is 6.37. The summed E-state index contributed by atoms with van der Waals surface area (Å²) < 4.78 is 13.5. The summed E-state index contributed by atoms with van der Waals surface area (Å²) in [5.74, 6) is -1.25. The van der Waals surface area contributed by atoms with E-state index in [0.717, 1.165) is 11.3 Å². The van der Waals surface area contributed by atoms with Crippen molar-refractivity contribution in [3.63, 3.8) is 0 Å². The Hall–Kier alpha value is -1.88. The quantitative estimate of drug-likeness (QED) is 0.897. The first kappa shape index (κ1) is 13.5. The Morgan fingerprint density at radius 1 is 1.21 bits per heavy atom. The summed E-state index contributed by atoms with van der Waals surface area (Å²) in [6.45, 7) is 0.533. The number of carboxylic acid groups (broad SMARTS) is 1. The average Bonchev–Trinajstić information content (AvgIpc) is 2.40. The summed E-state index contributed by atoms with van der Waals surface area (Å²) in [5, 5.41) is 11.9. The molecule has 3 nitrogen and oxygen atoms in total. The molecule has 0 bridgehead atoms. The number of hydrogen-bond acceptors (Lipinski definition) is 2. The topological polar surface area (TPSA) is 49.3 Å². The molecule has 98 valence electrons. The fourth-order valence-electron chi connectivity index (χ4n) is 1.58. The van der Waals surface area contributed by atoms with E-state index >= 15 is 0 Å². The van der Waals surface area contributed by atoms with E-state index in [2.05, 4.69) is 21.2 Å². The van der Waals surface area contributed by atoms with Crippen molar-refractivity contribution in [3.05, 3.63) is 63.9 Å². The molecule has 2 rings (SSSR count). The first-order chi connectivity index (χ1) is 9.06. The van der Waals surface area contributed by atoms with E-state index in [4.69, 9.17) is 5.11 Å². The van der Waals surface area contributed by atoms with Crippen molar-refractivity contribution in [2.75, 3.05) is 5.32 Å². The predicted molar refractivity (Wildman–Crippen MR) is 74.8 cm³/mol. The molecule has 2 aromatic rings. The van der Waals surface area contributed by atoms with Crippen molar-refractivity contribution in [1.29, 1.82) is 0 Å². The van der Waals surface area contributed by atoms with Gasteiger partial charge in [-0.15, -0.1) is 0 Å². The number of benzene rings is 2. The second-order valence-electron chi connectivity index (χ2n) is 3.98. The minimum Gasteiger partial charge on any atom is -0.478 e. The number of aromatic carboxylic acids is 1. The van der Waals surface area contributed by atoms with Crippen LogP contribution in [0.25, 0.3) is 0 Å². The molecule has 0 heterocycles. The highest BCUT2D eigenvalue weighted by Gasteiger charge is 2.03. The standard InChI is InChI=1S/C14H11BrFNO2/c15-12-7-9(1-6-13(12)16)8-17-11-4-2-10(3-5-11)14(18)19/h1-7,17H,8H2,(H,18,19). The lowest BCUT2D eigenvalue weighted by atomic mass is 10.2. The minimum absolute atomic E-state index is 0.245. The normalized spacial score (nSPS) is 10.2. The molecule has 5 heteroatoms. The summed E-state index contributed by atoms with van der Waals surface area (Å²) >= 11 is 3.13. The molecule has 0 amide bonds. The van der Waals surface area contributed by atoms with Crippen molar-refractivity contribution in [2.24, 2.45) is 0 Å². The smallest absolute Gasteiger partial charge is 0.335 e. The lowest BCUT2D eigenvalue weighted by molar-refractivity contribution is 0.0697. The van der Waals surface area contributed by atoms with Gasteiger partial charge in [0.2, 0.25) is 0 Å². The van der Waals surface area contributed by atoms with Crippen molar-refractivity contribution >= 4 is 27.6 Å². The zero-order valence-corrected chi connectivity index (χ0v) is 11.4. The van der Waals surface area contributed by atoms with E-state index in [1.807, 2.05) is 0 Å². The van der Waals surface area contributed by atoms with Gasteiger partial charge in [0.1, 0.15) is 5.82 Å². The van der Waals surface area contributed by atoms with Gasteiger partial charge in [0, 0.05) is 12.2 Å². The van der Waals surface area contributed by atoms with Gasteiger partial charge in [0.15, 0.2) is 0 Å². The SMILES string of the molecule is O=C(O)c1ccc(NCc2ccc(F)c(Br)c2)cc1. The maximum Gasteiger partial charge on any atom is 0.335 e. The molecule has 0 atom stereocenters. The number of nitrogens with one attached hydrogen (secondary N) is 1. The molecule has 0 aromatic heterocycles. The van der Waals surface area contributed by atoms with Crippen LogP contribution in [0.15, 0.2) is 46.9 Å². The van der Waals surface area contributed by atoms with Crippen LogP contribution in [0.5, 0.6) is 0 Å². The van der Waals surface area contributed by atoms with Gasteiger partial charge < -0.3 is 10.4 Å². The fourth-order valence-corrected chi connectivity index (χ4v) is 2.01. The summed E-state index contributed by atoms with van der Waals surface area (Å²) in [4.78, 5) is 10.7. The van der Waals surface area contributed by atoms with Crippen molar-refractivity contribution in [3.8, 4) is 0 Å². The van der Waals surface area contributed by atoms with E-state index in [1.165, 1.54) is 18.2 Å². The molecule has 0 aliphatic rings. The highest BCUT2D eigenvalue weighted by molar-refractivity contribution is 9.10. The average molecular weight is 324 g/mol. The third kappa shape index (κ3) is 3.54. The van der Waals surface area contributed by atoms with Gasteiger partial charge in [-0.05, 0) is 57.9 Å². The van der Waals surface area contributed by atoms with Crippen LogP contribution in [-0.2, 0) is 6.54 Å². The zero-order valence-electron chi connectivity index (χ0n) is 9.86. The van der Waals surface area contributed by atoms with Gasteiger partial charge in [-0.3, -0.25) is 0 Å². The van der Waals surface area contributed by atoms with Crippen molar-refractivity contribution in [1.82, 2.24) is 0 Å². The molecule has 0 aliphatic carbocycles. The Bertz CT molecular complexity index is 599. The lowest BCUT2D eigenvalue weighted by Crippen LogP contribution is -2.01. The Kier molecular flexibility index (Phi) is 4.16. The van der Waals surface area contributed by atoms with Crippen LogP contribution in [0.3, 0.4) is 0 Å². The largest absolute Gasteiger partial charge is 0.478 e. The van der Waals surface area contributed by atoms with E-state index in [1.54, 1.807) is 24.3 Å². The van der Waals surface area contributed by atoms with E-state index in [9.17, 15) is 9.18 Å². The van der Waals surface area contributed by atoms with Crippen LogP contribution in [0.4, 0.5) is 10.1 Å². The number of rotatable bonds is 4. The molecule has 19 heavy (non-hydrogen) atoms. The summed E-state index contributed by atoms with van der Waals surface area (Å²) in [5.41, 5.74) is 1.98. The van der Waals surface area contributed by atoms with Crippen LogP contribution in [0.2, 0.25) is 0 Å². The molecule has 0 radical (unpaired) electrons. The Balaban J connectivity index is 2.01. The molecule has 0 saturated carbocycles. The summed E-state index contributed by atoms with van der Waals surface area (Å²) in [7, 11) is 0. The highest BCUT2D eigenvalue weighted by Crippen LogP contribution is 2.18. The van der Waals surface area contributed by atoms with Crippen LogP contribution in [0.1, 0.15) is 15.9 Å². The van der Waals surface area contributed by atoms with Crippen LogP contribution in [-0.4, -0.2) is 11.1 Å². The predicted octanol–water partition coefficient (Wildman–Crippen LogP) is 3.90. The Labute approximate surface area is 118 Å². The van der Waals surface area contributed by atoms with E-state index < -0.39 is 5.97 Å². The third-order valence-electron chi connectivity index (χ3n) is 2.61. The molecule has 0 fully saturated rings. The number of anilines is 1. The van der Waals surface area contributed by atoms with Crippen molar-refractivity contribution < 1.29 is 14.3 Å². The van der Waals surface area contributed by atoms with Crippen LogP contribution < -0.4 is 5.32 Å². The van der Waals surface area contributed by atoms with Crippen LogP contribution in [0, 0.1) is 5.82 Å². The molecule has 0 aliphatic heterocycles. The molecule has 0 saturated heterocycles. The Morgan fingerprint density at radius 2 is 1.89 bits per heavy atom. The van der Waals surface area contributed by atoms with E-state index in [0.29, 0.717) is 11.0 Å². The monoisotopic (exact) mass is 323 g/mol. The Morgan fingerprint density at radius 3 is 2.47 bits per heavy atom. The van der Waals surface area contributed by atoms with Gasteiger partial charge in [-0.25, -0.2) is 9.18 Å². The number of halogens is 2. The maximum absolute atomic E-state index is 13.1. The van der Waals surface area contributed by atoms with Gasteiger partial charge >= 0.3 is 5.97 Å². The van der Waals surface area contributed by atoms with Gasteiger partial charge in [0.05, 0.1) is 10.0 Å². The number of hydrogen-bond donors (Lipinski definition) is 2. The fraction of sp³-hybridized carbons (Fsp3) is 0.0714. The maximum atomic E-state index is 13.1. The molecule has 0 spiro atoms. The molecule has 2 aromatic carbocycles. The lowest BCUT2D eigenvalue weighted by Gasteiger charge is -2.07. The van der Waals surface area contributed by atoms with E-state index in [-0.39, 0.29) is 11.4 Å². The first-order valence-electron chi connectivity index (χ1n) is 5.57. The van der Waals surface area contributed by atoms with Gasteiger partial charge in [-0.2, -0.15) is 0 Å². The van der Waals surface area contributed by atoms with Gasteiger partial charge in [-0.1, -0.05) is 6.07 Å². The third-order valence-corrected chi connectivity index (χ3v) is 3.22. The minimum atomic E-state index is -0.950. The molecular formula is C14H11BrFNO2. The van der Waals surface area contributed by atoms with Gasteiger partial charge in [0.25, 0.3) is 0 Å². The summed E-state index contributed by atoms with van der Waals surface area (Å²) in [6, 6.07) is 11.3. The second-order valence-corrected chi connectivity index (χ2v) is 4.84. The number of carbonyl (C=O) groups is 1. The molecular weight excluding hydrogens is 313 g/mol. The van der Waals surface area contributed by atoms with Crippen LogP contribution >= 0.6 is 15.9 Å². The second kappa shape index (κ2) is 5.84. The summed E-state index contributed by atoms with van der Waals surface area (Å²) in [6.07, 6.45) is 0. The number of carboxylic acids is 1. The zero-order chi connectivity index (χ0) is 13.8. The molecule has 0 unspecified atom stereocenters. The highest BCUT2D eigenvalue weighted by atomic mass is 79.9.